The highest BCUT2D eigenvalue weighted by atomic mass is 32.1. The van der Waals surface area contributed by atoms with Crippen molar-refractivity contribution in [3.8, 4) is 0 Å². The lowest BCUT2D eigenvalue weighted by Gasteiger charge is -2.22. The highest BCUT2D eigenvalue weighted by molar-refractivity contribution is 7.07. The molecule has 1 aliphatic heterocycles. The van der Waals surface area contributed by atoms with Crippen LogP contribution in [0.15, 0.2) is 20.8 Å². The van der Waals surface area contributed by atoms with Crippen LogP contribution in [-0.2, 0) is 6.54 Å². The lowest BCUT2D eigenvalue weighted by atomic mass is 10.1. The van der Waals surface area contributed by atoms with E-state index in [0.717, 1.165) is 43.2 Å². The van der Waals surface area contributed by atoms with E-state index in [0.29, 0.717) is 6.04 Å². The average molecular weight is 293 g/mol. The van der Waals surface area contributed by atoms with Gasteiger partial charge in [-0.2, -0.15) is 0 Å². The number of thiazole rings is 1. The van der Waals surface area contributed by atoms with E-state index in [1.165, 1.54) is 17.8 Å². The molecule has 0 radical (unpaired) electrons. The van der Waals surface area contributed by atoms with Crippen LogP contribution in [0.1, 0.15) is 36.0 Å². The van der Waals surface area contributed by atoms with Gasteiger partial charge in [0.05, 0.1) is 11.7 Å². The molecular weight excluding hydrogens is 274 g/mol. The third-order valence-electron chi connectivity index (χ3n) is 3.93. The zero-order valence-corrected chi connectivity index (χ0v) is 12.7. The highest BCUT2D eigenvalue weighted by Crippen LogP contribution is 2.31. The second-order valence-corrected chi connectivity index (χ2v) is 6.18. The van der Waals surface area contributed by atoms with Gasteiger partial charge in [-0.25, -0.2) is 0 Å². The van der Waals surface area contributed by atoms with Gasteiger partial charge in [0.25, 0.3) is 0 Å². The van der Waals surface area contributed by atoms with E-state index in [4.69, 9.17) is 4.52 Å². The van der Waals surface area contributed by atoms with Crippen LogP contribution in [-0.4, -0.2) is 27.7 Å². The van der Waals surface area contributed by atoms with Crippen LogP contribution in [0, 0.1) is 13.8 Å². The summed E-state index contributed by atoms with van der Waals surface area (Å²) in [6.45, 7) is 6.61. The maximum absolute atomic E-state index is 11.7. The van der Waals surface area contributed by atoms with Crippen LogP contribution in [0.2, 0.25) is 0 Å². The van der Waals surface area contributed by atoms with Crippen LogP contribution in [0.25, 0.3) is 0 Å². The van der Waals surface area contributed by atoms with Crippen molar-refractivity contribution >= 4 is 11.3 Å². The van der Waals surface area contributed by atoms with Gasteiger partial charge in [-0.1, -0.05) is 16.5 Å². The quantitative estimate of drug-likeness (QED) is 0.868. The fourth-order valence-corrected chi connectivity index (χ4v) is 3.62. The van der Waals surface area contributed by atoms with Gasteiger partial charge in [0, 0.05) is 30.2 Å². The molecule has 1 aliphatic rings. The molecule has 5 nitrogen and oxygen atoms in total. The molecule has 0 bridgehead atoms. The average Bonchev–Trinajstić information content (AvgIpc) is 3.10. The van der Waals surface area contributed by atoms with Gasteiger partial charge in [-0.3, -0.25) is 9.69 Å². The summed E-state index contributed by atoms with van der Waals surface area (Å²) in [7, 11) is 0. The monoisotopic (exact) mass is 293 g/mol. The molecule has 1 fully saturated rings. The first-order chi connectivity index (χ1) is 9.65. The number of aromatic nitrogens is 2. The first-order valence-electron chi connectivity index (χ1n) is 6.97. The minimum atomic E-state index is 0.133. The minimum Gasteiger partial charge on any atom is -0.359 e. The number of hydrogen-bond acceptors (Lipinski definition) is 5. The molecule has 0 amide bonds. The SMILES string of the molecule is Cc1cc(C2CCCN2CCn2c(C)csc2=O)on1. The Kier molecular flexibility index (Phi) is 3.76. The molecule has 2 aromatic heterocycles. The molecule has 20 heavy (non-hydrogen) atoms. The zero-order chi connectivity index (χ0) is 14.1. The van der Waals surface area contributed by atoms with Gasteiger partial charge in [0.15, 0.2) is 5.76 Å². The predicted molar refractivity (Wildman–Crippen MR) is 78.1 cm³/mol. The van der Waals surface area contributed by atoms with E-state index in [1.54, 1.807) is 0 Å². The van der Waals surface area contributed by atoms with E-state index < -0.39 is 0 Å². The van der Waals surface area contributed by atoms with Crippen molar-refractivity contribution in [1.29, 1.82) is 0 Å². The van der Waals surface area contributed by atoms with E-state index in [-0.39, 0.29) is 4.87 Å². The van der Waals surface area contributed by atoms with E-state index in [9.17, 15) is 4.79 Å². The summed E-state index contributed by atoms with van der Waals surface area (Å²) in [5.41, 5.74) is 1.98. The highest BCUT2D eigenvalue weighted by Gasteiger charge is 2.28. The van der Waals surface area contributed by atoms with E-state index in [2.05, 4.69) is 10.1 Å². The normalized spacial score (nSPS) is 19.8. The summed E-state index contributed by atoms with van der Waals surface area (Å²) in [6.07, 6.45) is 2.27. The van der Waals surface area contributed by atoms with Crippen molar-refractivity contribution in [1.82, 2.24) is 14.6 Å². The van der Waals surface area contributed by atoms with Crippen molar-refractivity contribution < 1.29 is 4.52 Å². The third-order valence-corrected chi connectivity index (χ3v) is 4.81. The first kappa shape index (κ1) is 13.6. The number of nitrogens with zero attached hydrogens (tertiary/aromatic N) is 3. The number of rotatable bonds is 4. The second-order valence-electron chi connectivity index (χ2n) is 5.36. The van der Waals surface area contributed by atoms with Crippen molar-refractivity contribution in [2.24, 2.45) is 0 Å². The molecule has 0 saturated carbocycles. The van der Waals surface area contributed by atoms with Gasteiger partial charge >= 0.3 is 4.87 Å². The Morgan fingerprint density at radius 1 is 1.45 bits per heavy atom. The number of likely N-dealkylation sites (tertiary alicyclic amines) is 1. The van der Waals surface area contributed by atoms with E-state index >= 15 is 0 Å². The third kappa shape index (κ3) is 2.58. The molecule has 0 N–H and O–H groups in total. The summed E-state index contributed by atoms with van der Waals surface area (Å²) in [6, 6.07) is 2.33. The van der Waals surface area contributed by atoms with Crippen LogP contribution < -0.4 is 4.87 Å². The van der Waals surface area contributed by atoms with Gasteiger partial charge in [-0.15, -0.1) is 0 Å². The van der Waals surface area contributed by atoms with Gasteiger partial charge < -0.3 is 9.09 Å². The summed E-state index contributed by atoms with van der Waals surface area (Å²) >= 11 is 1.27. The Morgan fingerprint density at radius 2 is 2.30 bits per heavy atom. The smallest absolute Gasteiger partial charge is 0.307 e. The molecule has 1 atom stereocenters. The Labute approximate surface area is 121 Å². The molecule has 0 aliphatic carbocycles. The summed E-state index contributed by atoms with van der Waals surface area (Å²) in [5.74, 6) is 0.953. The zero-order valence-electron chi connectivity index (χ0n) is 11.8. The van der Waals surface area contributed by atoms with Crippen LogP contribution >= 0.6 is 11.3 Å². The van der Waals surface area contributed by atoms with E-state index in [1.807, 2.05) is 29.9 Å². The lowest BCUT2D eigenvalue weighted by Crippen LogP contribution is -2.29. The molecule has 2 aromatic rings. The van der Waals surface area contributed by atoms with Gasteiger partial charge in [0.2, 0.25) is 0 Å². The fourth-order valence-electron chi connectivity index (χ4n) is 2.86. The molecule has 0 aromatic carbocycles. The van der Waals surface area contributed by atoms with Crippen molar-refractivity contribution in [2.45, 2.75) is 39.3 Å². The summed E-state index contributed by atoms with van der Waals surface area (Å²) in [4.78, 5) is 14.3. The van der Waals surface area contributed by atoms with Crippen LogP contribution in [0.5, 0.6) is 0 Å². The maximum atomic E-state index is 11.7. The molecule has 0 spiro atoms. The standard InChI is InChI=1S/C14H19N3O2S/c1-10-8-13(19-15-10)12-4-3-5-16(12)6-7-17-11(2)9-20-14(17)18/h8-9,12H,3-7H2,1-2H3. The largest absolute Gasteiger partial charge is 0.359 e. The van der Waals surface area contributed by atoms with Crippen molar-refractivity contribution in [2.75, 3.05) is 13.1 Å². The molecule has 1 unspecified atom stereocenters. The molecule has 108 valence electrons. The Bertz CT molecular complexity index is 643. The first-order valence-corrected chi connectivity index (χ1v) is 7.85. The predicted octanol–water partition coefficient (Wildman–Crippen LogP) is 2.35. The van der Waals surface area contributed by atoms with Gasteiger partial charge in [0.1, 0.15) is 0 Å². The van der Waals surface area contributed by atoms with Crippen LogP contribution in [0.4, 0.5) is 0 Å². The molecule has 3 heterocycles. The molecular formula is C14H19N3O2S. The Hall–Kier alpha value is -1.40. The maximum Gasteiger partial charge on any atom is 0.307 e. The minimum absolute atomic E-state index is 0.133. The van der Waals surface area contributed by atoms with Crippen LogP contribution in [0.3, 0.4) is 0 Å². The Morgan fingerprint density at radius 3 is 2.95 bits per heavy atom. The summed E-state index contributed by atoms with van der Waals surface area (Å²) < 4.78 is 7.26. The molecule has 1 saturated heterocycles. The summed E-state index contributed by atoms with van der Waals surface area (Å²) in [5, 5.41) is 5.90. The second kappa shape index (κ2) is 5.54. The van der Waals surface area contributed by atoms with Gasteiger partial charge in [-0.05, 0) is 33.2 Å². The topological polar surface area (TPSA) is 51.3 Å². The Balaban J connectivity index is 1.69. The van der Waals surface area contributed by atoms with Crippen molar-refractivity contribution in [3.63, 3.8) is 0 Å². The van der Waals surface area contributed by atoms with Crippen molar-refractivity contribution in [3.05, 3.63) is 38.3 Å². The lowest BCUT2D eigenvalue weighted by molar-refractivity contribution is 0.206. The number of hydrogen-bond donors (Lipinski definition) is 0. The fraction of sp³-hybridized carbons (Fsp3) is 0.571. The molecule has 3 rings (SSSR count). The number of aryl methyl sites for hydroxylation is 2. The molecule has 6 heteroatoms.